The number of nitrogens with zero attached hydrogens (tertiary/aromatic N) is 2. The maximum absolute atomic E-state index is 11.8. The lowest BCUT2D eigenvalue weighted by atomic mass is 10.2. The van der Waals surface area contributed by atoms with E-state index in [0.717, 1.165) is 5.39 Å². The summed E-state index contributed by atoms with van der Waals surface area (Å²) in [7, 11) is 0. The van der Waals surface area contributed by atoms with E-state index in [4.69, 9.17) is 16.1 Å². The van der Waals surface area contributed by atoms with Gasteiger partial charge < -0.3 is 15.2 Å². The molecule has 0 atom stereocenters. The normalized spacial score (nSPS) is 10.5. The van der Waals surface area contributed by atoms with Crippen LogP contribution in [-0.2, 0) is 6.54 Å². The molecule has 106 valence electrons. The lowest BCUT2D eigenvalue weighted by molar-refractivity contribution is 0.251. The number of anilines is 1. The Bertz CT molecular complexity index is 787. The average molecular weight is 303 g/mol. The molecule has 0 radical (unpaired) electrons. The van der Waals surface area contributed by atoms with Crippen molar-refractivity contribution in [2.75, 3.05) is 5.32 Å². The van der Waals surface area contributed by atoms with Crippen molar-refractivity contribution in [1.29, 1.82) is 0 Å². The van der Waals surface area contributed by atoms with E-state index in [1.807, 2.05) is 24.3 Å². The van der Waals surface area contributed by atoms with Crippen LogP contribution in [0.5, 0.6) is 0 Å². The fraction of sp³-hybridized carbons (Fsp3) is 0.0714. The molecule has 1 aromatic carbocycles. The van der Waals surface area contributed by atoms with E-state index in [-0.39, 0.29) is 11.7 Å². The Morgan fingerprint density at radius 1 is 1.24 bits per heavy atom. The largest absolute Gasteiger partial charge is 0.356 e. The number of rotatable bonds is 3. The Morgan fingerprint density at radius 3 is 2.95 bits per heavy atom. The maximum atomic E-state index is 11.8. The third kappa shape index (κ3) is 2.95. The van der Waals surface area contributed by atoms with Gasteiger partial charge >= 0.3 is 6.03 Å². The smallest absolute Gasteiger partial charge is 0.319 e. The van der Waals surface area contributed by atoms with Gasteiger partial charge in [-0.25, -0.2) is 9.78 Å². The monoisotopic (exact) mass is 302 g/mol. The number of pyridine rings is 1. The lowest BCUT2D eigenvalue weighted by Gasteiger charge is -2.07. The molecule has 0 saturated carbocycles. The van der Waals surface area contributed by atoms with Crippen LogP contribution in [0.15, 0.2) is 47.1 Å². The highest BCUT2D eigenvalue weighted by atomic mass is 35.5. The number of carbonyl (C=O) groups is 1. The van der Waals surface area contributed by atoms with Crippen LogP contribution in [0.2, 0.25) is 5.15 Å². The summed E-state index contributed by atoms with van der Waals surface area (Å²) in [5.74, 6) is 0. The molecule has 21 heavy (non-hydrogen) atoms. The van der Waals surface area contributed by atoms with Gasteiger partial charge in [-0.15, -0.1) is 0 Å². The highest BCUT2D eigenvalue weighted by Crippen LogP contribution is 2.18. The van der Waals surface area contributed by atoms with Gasteiger partial charge in [-0.2, -0.15) is 0 Å². The molecule has 0 aliphatic carbocycles. The Hall–Kier alpha value is -2.60. The molecule has 0 unspecified atom stereocenters. The summed E-state index contributed by atoms with van der Waals surface area (Å²) in [6.45, 7) is 0.251. The van der Waals surface area contributed by atoms with Gasteiger partial charge in [0.1, 0.15) is 5.69 Å². The SMILES string of the molecule is O=C(NCc1noc2ccccc12)Nc1cccnc1Cl. The summed E-state index contributed by atoms with van der Waals surface area (Å²) < 4.78 is 5.17. The van der Waals surface area contributed by atoms with Gasteiger partial charge in [-0.1, -0.05) is 28.9 Å². The molecule has 2 amide bonds. The molecule has 0 saturated heterocycles. The zero-order valence-electron chi connectivity index (χ0n) is 10.8. The van der Waals surface area contributed by atoms with Crippen LogP contribution in [-0.4, -0.2) is 16.2 Å². The first-order valence-electron chi connectivity index (χ1n) is 6.23. The number of amides is 2. The number of halogens is 1. The van der Waals surface area contributed by atoms with E-state index in [9.17, 15) is 4.79 Å². The highest BCUT2D eigenvalue weighted by Gasteiger charge is 2.10. The number of carbonyl (C=O) groups excluding carboxylic acids is 1. The standard InChI is InChI=1S/C14H11ClN4O2/c15-13-10(5-3-7-16-13)18-14(20)17-8-11-9-4-1-2-6-12(9)21-19-11/h1-7H,8H2,(H2,17,18,20). The van der Waals surface area contributed by atoms with Crippen LogP contribution in [0.4, 0.5) is 10.5 Å². The number of benzene rings is 1. The number of aromatic nitrogens is 2. The first kappa shape index (κ1) is 13.4. The Kier molecular flexibility index (Phi) is 3.70. The number of hydrogen-bond donors (Lipinski definition) is 2. The fourth-order valence-electron chi connectivity index (χ4n) is 1.88. The summed E-state index contributed by atoms with van der Waals surface area (Å²) in [6, 6.07) is 10.4. The second kappa shape index (κ2) is 5.80. The van der Waals surface area contributed by atoms with Crippen molar-refractivity contribution in [3.8, 4) is 0 Å². The van der Waals surface area contributed by atoms with Crippen molar-refractivity contribution in [1.82, 2.24) is 15.5 Å². The molecule has 7 heteroatoms. The predicted molar refractivity (Wildman–Crippen MR) is 79.1 cm³/mol. The first-order chi connectivity index (χ1) is 10.2. The average Bonchev–Trinajstić information content (AvgIpc) is 2.91. The molecule has 6 nitrogen and oxygen atoms in total. The van der Waals surface area contributed by atoms with Crippen molar-refractivity contribution in [2.24, 2.45) is 0 Å². The molecule has 2 aromatic heterocycles. The summed E-state index contributed by atoms with van der Waals surface area (Å²) >= 11 is 5.87. The van der Waals surface area contributed by atoms with Crippen molar-refractivity contribution < 1.29 is 9.32 Å². The Labute approximate surface area is 125 Å². The third-order valence-corrected chi connectivity index (χ3v) is 3.18. The molecule has 0 fully saturated rings. The van der Waals surface area contributed by atoms with Gasteiger partial charge in [0.05, 0.1) is 12.2 Å². The minimum atomic E-state index is -0.392. The minimum Gasteiger partial charge on any atom is -0.356 e. The lowest BCUT2D eigenvalue weighted by Crippen LogP contribution is -2.28. The van der Waals surface area contributed by atoms with E-state index < -0.39 is 6.03 Å². The number of para-hydroxylation sites is 1. The summed E-state index contributed by atoms with van der Waals surface area (Å²) in [5.41, 5.74) is 1.80. The second-order valence-corrected chi connectivity index (χ2v) is 4.63. The van der Waals surface area contributed by atoms with Crippen LogP contribution >= 0.6 is 11.6 Å². The van der Waals surface area contributed by atoms with Crippen LogP contribution < -0.4 is 10.6 Å². The van der Waals surface area contributed by atoms with E-state index in [1.54, 1.807) is 18.3 Å². The summed E-state index contributed by atoms with van der Waals surface area (Å²) in [5, 5.41) is 10.4. The minimum absolute atomic E-state index is 0.236. The molecule has 0 aliphatic rings. The second-order valence-electron chi connectivity index (χ2n) is 4.27. The van der Waals surface area contributed by atoms with Crippen LogP contribution in [0.3, 0.4) is 0 Å². The molecule has 2 heterocycles. The van der Waals surface area contributed by atoms with Crippen LogP contribution in [0.25, 0.3) is 11.0 Å². The molecule has 0 aliphatic heterocycles. The van der Waals surface area contributed by atoms with Crippen molar-refractivity contribution in [3.63, 3.8) is 0 Å². The van der Waals surface area contributed by atoms with Gasteiger partial charge in [0, 0.05) is 11.6 Å². The molecule has 2 N–H and O–H groups in total. The quantitative estimate of drug-likeness (QED) is 0.728. The van der Waals surface area contributed by atoms with E-state index in [0.29, 0.717) is 17.0 Å². The van der Waals surface area contributed by atoms with E-state index in [1.165, 1.54) is 0 Å². The first-order valence-corrected chi connectivity index (χ1v) is 6.60. The van der Waals surface area contributed by atoms with E-state index >= 15 is 0 Å². The Balaban J connectivity index is 1.65. The van der Waals surface area contributed by atoms with Crippen LogP contribution in [0.1, 0.15) is 5.69 Å². The molecule has 3 aromatic rings. The van der Waals surface area contributed by atoms with Crippen molar-refractivity contribution in [2.45, 2.75) is 6.54 Å². The molecule has 0 bridgehead atoms. The highest BCUT2D eigenvalue weighted by molar-refractivity contribution is 6.32. The van der Waals surface area contributed by atoms with Gasteiger partial charge in [0.2, 0.25) is 0 Å². The van der Waals surface area contributed by atoms with Crippen molar-refractivity contribution >= 4 is 34.3 Å². The zero-order chi connectivity index (χ0) is 14.7. The topological polar surface area (TPSA) is 80.0 Å². The summed E-state index contributed by atoms with van der Waals surface area (Å²) in [6.07, 6.45) is 1.55. The predicted octanol–water partition coefficient (Wildman–Crippen LogP) is 3.20. The number of hydrogen-bond acceptors (Lipinski definition) is 4. The number of nitrogens with one attached hydrogen (secondary N) is 2. The van der Waals surface area contributed by atoms with Crippen molar-refractivity contribution in [3.05, 3.63) is 53.4 Å². The molecular weight excluding hydrogens is 292 g/mol. The van der Waals surface area contributed by atoms with Gasteiger partial charge in [-0.3, -0.25) is 0 Å². The summed E-state index contributed by atoms with van der Waals surface area (Å²) in [4.78, 5) is 15.7. The van der Waals surface area contributed by atoms with Gasteiger partial charge in [0.25, 0.3) is 0 Å². The maximum Gasteiger partial charge on any atom is 0.319 e. The molecule has 0 spiro atoms. The fourth-order valence-corrected chi connectivity index (χ4v) is 2.04. The van der Waals surface area contributed by atoms with Gasteiger partial charge in [-0.05, 0) is 24.3 Å². The van der Waals surface area contributed by atoms with E-state index in [2.05, 4.69) is 20.8 Å². The third-order valence-electron chi connectivity index (χ3n) is 2.88. The Morgan fingerprint density at radius 2 is 2.10 bits per heavy atom. The van der Waals surface area contributed by atoms with Crippen LogP contribution in [0, 0.1) is 0 Å². The molecular formula is C14H11ClN4O2. The number of fused-ring (bicyclic) bond motifs is 1. The zero-order valence-corrected chi connectivity index (χ0v) is 11.6. The van der Waals surface area contributed by atoms with Gasteiger partial charge in [0.15, 0.2) is 10.7 Å². The molecule has 3 rings (SSSR count). The number of urea groups is 1.